The Morgan fingerprint density at radius 2 is 1.33 bits per heavy atom. The molecule has 0 unspecified atom stereocenters. The van der Waals surface area contributed by atoms with Crippen LogP contribution >= 0.6 is 11.8 Å². The summed E-state index contributed by atoms with van der Waals surface area (Å²) in [5.74, 6) is 2.79. The van der Waals surface area contributed by atoms with E-state index in [9.17, 15) is 18.3 Å². The van der Waals surface area contributed by atoms with Crippen molar-refractivity contribution in [3.05, 3.63) is 107 Å². The molecule has 0 radical (unpaired) electrons. The van der Waals surface area contributed by atoms with Gasteiger partial charge in [-0.05, 0) is 34.4 Å². The molecular formula is C25H22F3N3OS. The summed E-state index contributed by atoms with van der Waals surface area (Å²) in [6, 6.07) is 22.9. The molecule has 0 amide bonds. The first-order valence-corrected chi connectivity index (χ1v) is 11.5. The molecule has 8 heteroatoms. The Kier molecular flexibility index (Phi) is 7.15. The van der Waals surface area contributed by atoms with Crippen LogP contribution in [-0.4, -0.2) is 19.9 Å². The minimum atomic E-state index is -4.34. The number of benzene rings is 3. The number of nitrogens with zero attached hydrogens (tertiary/aromatic N) is 3. The number of aliphatic hydroxyl groups is 1. The minimum absolute atomic E-state index is 0.208. The van der Waals surface area contributed by atoms with Crippen molar-refractivity contribution in [2.24, 2.45) is 0 Å². The Hall–Kier alpha value is -3.10. The van der Waals surface area contributed by atoms with Crippen molar-refractivity contribution in [1.82, 2.24) is 14.8 Å². The van der Waals surface area contributed by atoms with E-state index >= 15 is 0 Å². The smallest absolute Gasteiger partial charge is 0.388 e. The molecule has 1 N–H and O–H groups in total. The fourth-order valence-corrected chi connectivity index (χ4v) is 4.38. The van der Waals surface area contributed by atoms with E-state index in [4.69, 9.17) is 0 Å². The minimum Gasteiger partial charge on any atom is -0.388 e. The summed E-state index contributed by atoms with van der Waals surface area (Å²) in [6.45, 7) is 0.289. The number of halogens is 3. The lowest BCUT2D eigenvalue weighted by atomic mass is 10.0. The van der Waals surface area contributed by atoms with E-state index in [-0.39, 0.29) is 6.61 Å². The number of hydrogen-bond acceptors (Lipinski definition) is 4. The highest BCUT2D eigenvalue weighted by atomic mass is 32.2. The Balaban J connectivity index is 1.44. The van der Waals surface area contributed by atoms with E-state index in [2.05, 4.69) is 22.3 Å². The van der Waals surface area contributed by atoms with Crippen LogP contribution in [-0.2, 0) is 30.8 Å². The van der Waals surface area contributed by atoms with E-state index in [0.717, 1.165) is 34.8 Å². The van der Waals surface area contributed by atoms with Crippen LogP contribution in [0.1, 0.15) is 28.3 Å². The molecule has 0 atom stereocenters. The number of thioether (sulfide) groups is 1. The van der Waals surface area contributed by atoms with E-state index in [1.165, 1.54) is 17.7 Å². The first kappa shape index (κ1) is 23.1. The van der Waals surface area contributed by atoms with Gasteiger partial charge >= 0.3 is 6.18 Å². The lowest BCUT2D eigenvalue weighted by Gasteiger charge is -2.11. The van der Waals surface area contributed by atoms with Gasteiger partial charge in [-0.25, -0.2) is 0 Å². The van der Waals surface area contributed by atoms with Gasteiger partial charge in [0, 0.05) is 5.75 Å². The summed E-state index contributed by atoms with van der Waals surface area (Å²) >= 11 is 1.73. The molecule has 0 saturated heterocycles. The second kappa shape index (κ2) is 10.2. The van der Waals surface area contributed by atoms with Gasteiger partial charge in [-0.2, -0.15) is 13.2 Å². The topological polar surface area (TPSA) is 50.9 Å². The fourth-order valence-electron chi connectivity index (χ4n) is 3.45. The molecule has 4 aromatic rings. The molecule has 1 aromatic heterocycles. The monoisotopic (exact) mass is 469 g/mol. The van der Waals surface area contributed by atoms with Crippen molar-refractivity contribution in [1.29, 1.82) is 0 Å². The van der Waals surface area contributed by atoms with Gasteiger partial charge in [-0.3, -0.25) is 0 Å². The predicted molar refractivity (Wildman–Crippen MR) is 123 cm³/mol. The third kappa shape index (κ3) is 5.83. The van der Waals surface area contributed by atoms with Crippen molar-refractivity contribution in [2.75, 3.05) is 0 Å². The fraction of sp³-hybridized carbons (Fsp3) is 0.200. The summed E-state index contributed by atoms with van der Waals surface area (Å²) in [5, 5.41) is 18.0. The maximum absolute atomic E-state index is 12.8. The summed E-state index contributed by atoms with van der Waals surface area (Å²) in [4.78, 5) is 0. The van der Waals surface area contributed by atoms with Crippen LogP contribution in [0.15, 0.2) is 78.9 Å². The van der Waals surface area contributed by atoms with E-state index < -0.39 is 11.7 Å². The zero-order chi connectivity index (χ0) is 23.3. The molecule has 0 spiro atoms. The maximum Gasteiger partial charge on any atom is 0.416 e. The molecule has 0 saturated carbocycles. The third-order valence-electron chi connectivity index (χ3n) is 5.23. The molecule has 1 heterocycles. The summed E-state index contributed by atoms with van der Waals surface area (Å²) < 4.78 is 40.3. The molecule has 33 heavy (non-hydrogen) atoms. The molecule has 0 aliphatic carbocycles. The molecular weight excluding hydrogens is 447 g/mol. The predicted octanol–water partition coefficient (Wildman–Crippen LogP) is 5.94. The van der Waals surface area contributed by atoms with Gasteiger partial charge in [-0.15, -0.1) is 22.0 Å². The SMILES string of the molecule is OCc1nnc(CSCc2ccccc2)n1Cc1ccc(-c2ccc(C(F)(F)F)cc2)cc1. The van der Waals surface area contributed by atoms with Gasteiger partial charge in [0.1, 0.15) is 12.4 Å². The van der Waals surface area contributed by atoms with Crippen LogP contribution in [0.3, 0.4) is 0 Å². The summed E-state index contributed by atoms with van der Waals surface area (Å²) in [5.41, 5.74) is 3.10. The van der Waals surface area contributed by atoms with Gasteiger partial charge in [0.25, 0.3) is 0 Å². The second-order valence-corrected chi connectivity index (χ2v) is 8.51. The average Bonchev–Trinajstić information content (AvgIpc) is 3.21. The van der Waals surface area contributed by atoms with Crippen LogP contribution in [0.25, 0.3) is 11.1 Å². The molecule has 0 fully saturated rings. The van der Waals surface area contributed by atoms with Gasteiger partial charge in [-0.1, -0.05) is 66.7 Å². The van der Waals surface area contributed by atoms with Gasteiger partial charge in [0.05, 0.1) is 17.9 Å². The van der Waals surface area contributed by atoms with E-state index in [0.29, 0.717) is 23.7 Å². The molecule has 0 aliphatic rings. The van der Waals surface area contributed by atoms with Crippen molar-refractivity contribution >= 4 is 11.8 Å². The Morgan fingerprint density at radius 3 is 1.94 bits per heavy atom. The van der Waals surface area contributed by atoms with Gasteiger partial charge in [0.15, 0.2) is 5.82 Å². The van der Waals surface area contributed by atoms with E-state index in [1.54, 1.807) is 11.8 Å². The van der Waals surface area contributed by atoms with Gasteiger partial charge in [0.2, 0.25) is 0 Å². The van der Waals surface area contributed by atoms with Crippen LogP contribution in [0.5, 0.6) is 0 Å². The lowest BCUT2D eigenvalue weighted by Crippen LogP contribution is -2.09. The number of rotatable bonds is 8. The number of aliphatic hydroxyl groups excluding tert-OH is 1. The number of hydrogen-bond donors (Lipinski definition) is 1. The highest BCUT2D eigenvalue weighted by Crippen LogP contribution is 2.31. The molecule has 4 nitrogen and oxygen atoms in total. The molecule has 0 bridgehead atoms. The largest absolute Gasteiger partial charge is 0.416 e. The number of aromatic nitrogens is 3. The highest BCUT2D eigenvalue weighted by molar-refractivity contribution is 7.97. The van der Waals surface area contributed by atoms with Crippen LogP contribution in [0.4, 0.5) is 13.2 Å². The second-order valence-electron chi connectivity index (χ2n) is 7.53. The molecule has 3 aromatic carbocycles. The summed E-state index contributed by atoms with van der Waals surface area (Å²) in [6.07, 6.45) is -4.34. The highest BCUT2D eigenvalue weighted by Gasteiger charge is 2.29. The number of alkyl halides is 3. The van der Waals surface area contributed by atoms with Crippen molar-refractivity contribution in [2.45, 2.75) is 30.8 Å². The Morgan fingerprint density at radius 1 is 0.727 bits per heavy atom. The Bertz CT molecular complexity index is 1170. The van der Waals surface area contributed by atoms with Crippen molar-refractivity contribution in [3.8, 4) is 11.1 Å². The summed E-state index contributed by atoms with van der Waals surface area (Å²) in [7, 11) is 0. The lowest BCUT2D eigenvalue weighted by molar-refractivity contribution is -0.137. The molecule has 4 rings (SSSR count). The van der Waals surface area contributed by atoms with Crippen molar-refractivity contribution < 1.29 is 18.3 Å². The zero-order valence-corrected chi connectivity index (χ0v) is 18.5. The standard InChI is InChI=1S/C25H22F3N3OS/c26-25(27,28)22-12-10-21(11-13-22)20-8-6-18(7-9-20)14-31-23(15-32)29-30-24(31)17-33-16-19-4-2-1-3-5-19/h1-13,32H,14-17H2. The van der Waals surface area contributed by atoms with E-state index in [1.807, 2.05) is 47.0 Å². The first-order valence-electron chi connectivity index (χ1n) is 10.3. The average molecular weight is 470 g/mol. The van der Waals surface area contributed by atoms with Crippen LogP contribution < -0.4 is 0 Å². The van der Waals surface area contributed by atoms with Crippen LogP contribution in [0, 0.1) is 0 Å². The normalized spacial score (nSPS) is 11.6. The Labute approximate surface area is 194 Å². The van der Waals surface area contributed by atoms with Crippen LogP contribution in [0.2, 0.25) is 0 Å². The molecule has 170 valence electrons. The molecule has 0 aliphatic heterocycles. The maximum atomic E-state index is 12.8. The van der Waals surface area contributed by atoms with Gasteiger partial charge < -0.3 is 9.67 Å². The van der Waals surface area contributed by atoms with Crippen molar-refractivity contribution in [3.63, 3.8) is 0 Å². The first-order chi connectivity index (χ1) is 15.9. The third-order valence-corrected chi connectivity index (χ3v) is 6.23. The quantitative estimate of drug-likeness (QED) is 0.347. The zero-order valence-electron chi connectivity index (χ0n) is 17.7.